The van der Waals surface area contributed by atoms with Crippen LogP contribution < -0.4 is 5.73 Å². The molecule has 2 aliphatic rings. The average molecular weight is 493 g/mol. The Balaban J connectivity index is 1.37. The summed E-state index contributed by atoms with van der Waals surface area (Å²) in [4.78, 5) is 23.0. The van der Waals surface area contributed by atoms with Crippen molar-refractivity contribution < 1.29 is 13.6 Å². The smallest absolute Gasteiger partial charge is 0.219 e. The number of alkyl halides is 1. The highest BCUT2D eigenvalue weighted by Crippen LogP contribution is 2.47. The van der Waals surface area contributed by atoms with Gasteiger partial charge in [-0.25, -0.2) is 14.4 Å². The van der Waals surface area contributed by atoms with Gasteiger partial charge in [-0.15, -0.1) is 11.3 Å². The Morgan fingerprint density at radius 1 is 1.29 bits per heavy atom. The van der Waals surface area contributed by atoms with Crippen molar-refractivity contribution in [3.8, 4) is 11.1 Å². The zero-order chi connectivity index (χ0) is 24.3. The fourth-order valence-corrected chi connectivity index (χ4v) is 6.17. The number of piperidine rings is 1. The summed E-state index contributed by atoms with van der Waals surface area (Å²) >= 11 is 1.42. The van der Waals surface area contributed by atoms with Crippen molar-refractivity contribution in [2.75, 3.05) is 18.8 Å². The Bertz CT molecular complexity index is 1460. The standard InChI is InChI=1S/C25H25FN6O2S/c1-14(33)31-7-4-16(5-8-31)32-12-15(10-30-32)18-11-28-24(27)22-17(18)9-20(34-22)21-23-19(29-13-35-23)3-6-25(21,2)26/h3,6,9-13,16,21H,4-5,7-8H2,1-2H3,(H2,27,28). The number of aromatic nitrogens is 4. The molecule has 1 aliphatic carbocycles. The maximum atomic E-state index is 15.7. The Hall–Kier alpha value is -3.53. The molecule has 2 atom stereocenters. The predicted molar refractivity (Wildman–Crippen MR) is 133 cm³/mol. The van der Waals surface area contributed by atoms with Gasteiger partial charge in [0.05, 0.1) is 29.4 Å². The van der Waals surface area contributed by atoms with E-state index in [-0.39, 0.29) is 17.8 Å². The van der Waals surface area contributed by atoms with Crippen molar-refractivity contribution in [1.29, 1.82) is 0 Å². The molecule has 1 saturated heterocycles. The second kappa shape index (κ2) is 8.01. The van der Waals surface area contributed by atoms with E-state index in [1.807, 2.05) is 21.8 Å². The Morgan fingerprint density at radius 3 is 2.86 bits per heavy atom. The van der Waals surface area contributed by atoms with E-state index in [9.17, 15) is 4.79 Å². The normalized spacial score (nSPS) is 22.6. The summed E-state index contributed by atoms with van der Waals surface area (Å²) in [6.07, 6.45) is 10.5. The molecule has 0 bridgehead atoms. The molecule has 2 unspecified atom stereocenters. The maximum absolute atomic E-state index is 15.7. The van der Waals surface area contributed by atoms with Gasteiger partial charge in [0.25, 0.3) is 0 Å². The van der Waals surface area contributed by atoms with Gasteiger partial charge in [-0.3, -0.25) is 9.48 Å². The molecule has 6 rings (SSSR count). The van der Waals surface area contributed by atoms with Gasteiger partial charge >= 0.3 is 0 Å². The Kier molecular flexibility index (Phi) is 5.03. The van der Waals surface area contributed by atoms with Crippen LogP contribution >= 0.6 is 11.3 Å². The molecule has 10 heteroatoms. The summed E-state index contributed by atoms with van der Waals surface area (Å²) in [5, 5.41) is 5.38. The van der Waals surface area contributed by atoms with Crippen molar-refractivity contribution in [2.45, 2.75) is 44.3 Å². The van der Waals surface area contributed by atoms with Crippen LogP contribution in [0.25, 0.3) is 28.2 Å². The van der Waals surface area contributed by atoms with Crippen molar-refractivity contribution in [2.24, 2.45) is 0 Å². The van der Waals surface area contributed by atoms with Crippen molar-refractivity contribution in [3.05, 3.63) is 52.6 Å². The third-order valence-electron chi connectivity index (χ3n) is 7.11. The SMILES string of the molecule is CC(=O)N1CCC(n2cc(-c3cnc(N)c4oc(C5c6scnc6C=CC5(C)F)cc34)cn2)CC1. The number of hydrogen-bond donors (Lipinski definition) is 1. The van der Waals surface area contributed by atoms with Crippen molar-refractivity contribution in [3.63, 3.8) is 0 Å². The topological polar surface area (TPSA) is 103 Å². The third kappa shape index (κ3) is 3.63. The minimum atomic E-state index is -1.63. The Morgan fingerprint density at radius 2 is 2.09 bits per heavy atom. The highest BCUT2D eigenvalue weighted by atomic mass is 32.1. The quantitative estimate of drug-likeness (QED) is 0.441. The predicted octanol–water partition coefficient (Wildman–Crippen LogP) is 4.80. The van der Waals surface area contributed by atoms with Crippen LogP contribution in [0.15, 0.2) is 40.7 Å². The number of furan rings is 1. The molecule has 35 heavy (non-hydrogen) atoms. The van der Waals surface area contributed by atoms with Crippen LogP contribution in [0.1, 0.15) is 55.0 Å². The first-order valence-corrected chi connectivity index (χ1v) is 12.5. The van der Waals surface area contributed by atoms with E-state index in [1.165, 1.54) is 17.4 Å². The van der Waals surface area contributed by atoms with Gasteiger partial charge in [-0.1, -0.05) is 0 Å². The van der Waals surface area contributed by atoms with Gasteiger partial charge in [0.2, 0.25) is 5.91 Å². The zero-order valence-corrected chi connectivity index (χ0v) is 20.3. The number of likely N-dealkylation sites (tertiary alicyclic amines) is 1. The molecule has 5 heterocycles. The minimum absolute atomic E-state index is 0.110. The largest absolute Gasteiger partial charge is 0.456 e. The molecule has 8 nitrogen and oxygen atoms in total. The zero-order valence-electron chi connectivity index (χ0n) is 19.4. The monoisotopic (exact) mass is 492 g/mol. The lowest BCUT2D eigenvalue weighted by Gasteiger charge is -2.31. The number of thiazole rings is 1. The number of rotatable bonds is 3. The van der Waals surface area contributed by atoms with Crippen LogP contribution in [-0.2, 0) is 4.79 Å². The van der Waals surface area contributed by atoms with Crippen molar-refractivity contribution in [1.82, 2.24) is 24.6 Å². The first kappa shape index (κ1) is 22.0. The molecule has 180 valence electrons. The van der Waals surface area contributed by atoms with E-state index in [1.54, 1.807) is 37.8 Å². The lowest BCUT2D eigenvalue weighted by Crippen LogP contribution is -2.37. The summed E-state index contributed by atoms with van der Waals surface area (Å²) < 4.78 is 23.8. The van der Waals surface area contributed by atoms with Crippen LogP contribution in [0.2, 0.25) is 0 Å². The van der Waals surface area contributed by atoms with Crippen LogP contribution in [-0.4, -0.2) is 49.3 Å². The van der Waals surface area contributed by atoms with Crippen LogP contribution in [0.3, 0.4) is 0 Å². The summed E-state index contributed by atoms with van der Waals surface area (Å²) in [5.41, 5.74) is 9.18. The van der Waals surface area contributed by atoms with Gasteiger partial charge < -0.3 is 15.1 Å². The third-order valence-corrected chi connectivity index (χ3v) is 8.01. The van der Waals surface area contributed by atoms with Crippen LogP contribution in [0, 0.1) is 0 Å². The van der Waals surface area contributed by atoms with Crippen LogP contribution in [0.4, 0.5) is 10.2 Å². The highest BCUT2D eigenvalue weighted by Gasteiger charge is 2.42. The average Bonchev–Trinajstić information content (AvgIpc) is 3.59. The van der Waals surface area contributed by atoms with Gasteiger partial charge in [0.1, 0.15) is 11.4 Å². The van der Waals surface area contributed by atoms with E-state index >= 15 is 4.39 Å². The number of carbonyl (C=O) groups excluding carboxylic acids is 1. The fourth-order valence-electron chi connectivity index (χ4n) is 5.16. The summed E-state index contributed by atoms with van der Waals surface area (Å²) in [5.74, 6) is 0.239. The molecule has 4 aromatic rings. The molecule has 0 radical (unpaired) electrons. The lowest BCUT2D eigenvalue weighted by molar-refractivity contribution is -0.130. The number of carbonyl (C=O) groups is 1. The number of hydrogen-bond acceptors (Lipinski definition) is 7. The molecule has 0 aromatic carbocycles. The van der Waals surface area contributed by atoms with E-state index in [0.29, 0.717) is 11.3 Å². The number of nitrogen functional groups attached to an aromatic ring is 1. The number of allylic oxidation sites excluding steroid dienone is 1. The molecule has 1 fully saturated rings. The lowest BCUT2D eigenvalue weighted by atomic mass is 9.82. The van der Waals surface area contributed by atoms with E-state index < -0.39 is 11.6 Å². The second-order valence-corrected chi connectivity index (χ2v) is 10.3. The van der Waals surface area contributed by atoms with E-state index in [2.05, 4.69) is 15.1 Å². The number of fused-ring (bicyclic) bond motifs is 2. The molecular weight excluding hydrogens is 467 g/mol. The molecule has 0 saturated carbocycles. The number of amides is 1. The van der Waals surface area contributed by atoms with Gasteiger partial charge in [0, 0.05) is 53.8 Å². The van der Waals surface area contributed by atoms with E-state index in [0.717, 1.165) is 53.0 Å². The first-order chi connectivity index (χ1) is 16.8. The Labute approximate surface area is 205 Å². The number of halogens is 1. The molecule has 1 aliphatic heterocycles. The highest BCUT2D eigenvalue weighted by molar-refractivity contribution is 7.10. The summed E-state index contributed by atoms with van der Waals surface area (Å²) in [6.45, 7) is 4.61. The summed E-state index contributed by atoms with van der Waals surface area (Å²) in [6, 6.07) is 2.10. The molecule has 2 N–H and O–H groups in total. The number of pyridine rings is 1. The van der Waals surface area contributed by atoms with Gasteiger partial charge in [-0.2, -0.15) is 5.10 Å². The van der Waals surface area contributed by atoms with Crippen LogP contribution in [0.5, 0.6) is 0 Å². The molecule has 4 aromatic heterocycles. The van der Waals surface area contributed by atoms with Gasteiger partial charge in [0.15, 0.2) is 11.4 Å². The molecule has 0 spiro atoms. The van der Waals surface area contributed by atoms with Gasteiger partial charge in [-0.05, 0) is 38.0 Å². The van der Waals surface area contributed by atoms with E-state index in [4.69, 9.17) is 10.2 Å². The number of nitrogens with two attached hydrogens (primary N) is 1. The number of nitrogens with zero attached hydrogens (tertiary/aromatic N) is 5. The molecule has 1 amide bonds. The first-order valence-electron chi connectivity index (χ1n) is 11.6. The molecular formula is C25H25FN6O2S. The maximum Gasteiger partial charge on any atom is 0.219 e. The number of anilines is 1. The fraction of sp³-hybridized carbons (Fsp3) is 0.360. The summed E-state index contributed by atoms with van der Waals surface area (Å²) in [7, 11) is 0. The second-order valence-electron chi connectivity index (χ2n) is 9.41. The van der Waals surface area contributed by atoms with Crippen molar-refractivity contribution >= 4 is 40.1 Å². The minimum Gasteiger partial charge on any atom is -0.456 e.